The molecular formula is C24H37N3O8S2. The fourth-order valence-electron chi connectivity index (χ4n) is 3.38. The standard InChI is InChI=1S/C24H37N3O8S2/c1-13(2)22-19(30)11-21(32)35-17(8-6-7-9-36-15(4)28)10-20(31)25-14(3)23(33)26-18(24(34)27-22)12-37-16(5)29/h6,8,13-14,17-19,22,30H,7,9-12H2,1-5H3,(H,25,31)(H,26,33)(H,27,34)/b8-6+. The molecule has 0 spiro atoms. The van der Waals surface area contributed by atoms with Gasteiger partial charge in [-0.2, -0.15) is 0 Å². The van der Waals surface area contributed by atoms with E-state index in [1.165, 1.54) is 26.8 Å². The van der Waals surface area contributed by atoms with Crippen LogP contribution in [0.3, 0.4) is 0 Å². The van der Waals surface area contributed by atoms with E-state index in [2.05, 4.69) is 16.0 Å². The summed E-state index contributed by atoms with van der Waals surface area (Å²) in [6.07, 6.45) is 0.745. The molecule has 0 aromatic rings. The highest BCUT2D eigenvalue weighted by atomic mass is 32.2. The molecule has 0 saturated carbocycles. The van der Waals surface area contributed by atoms with E-state index >= 15 is 0 Å². The van der Waals surface area contributed by atoms with Crippen LogP contribution in [-0.2, 0) is 33.5 Å². The van der Waals surface area contributed by atoms with E-state index in [0.29, 0.717) is 12.2 Å². The SMILES string of the molecule is CC(=O)SCC/C=C/C1CC(=O)NC(C)C(=O)NC(CSC(C)=O)C(=O)NC(C(C)C)C(O)CC(=O)O1. The first-order valence-electron chi connectivity index (χ1n) is 12.0. The molecule has 0 aliphatic carbocycles. The van der Waals surface area contributed by atoms with Crippen molar-refractivity contribution >= 4 is 57.4 Å². The number of allylic oxidation sites excluding steroid dienone is 1. The van der Waals surface area contributed by atoms with Crippen molar-refractivity contribution < 1.29 is 38.6 Å². The Morgan fingerprint density at radius 1 is 1.03 bits per heavy atom. The van der Waals surface area contributed by atoms with Gasteiger partial charge in [0, 0.05) is 25.4 Å². The number of carbonyl (C=O) groups is 6. The number of rotatable bonds is 7. The second-order valence-electron chi connectivity index (χ2n) is 8.99. The number of cyclic esters (lactones) is 1. The highest BCUT2D eigenvalue weighted by Gasteiger charge is 2.32. The van der Waals surface area contributed by atoms with Crippen molar-refractivity contribution in [2.24, 2.45) is 5.92 Å². The van der Waals surface area contributed by atoms with Gasteiger partial charge in [0.25, 0.3) is 0 Å². The van der Waals surface area contributed by atoms with Crippen molar-refractivity contribution in [1.29, 1.82) is 0 Å². The van der Waals surface area contributed by atoms with Gasteiger partial charge in [0.2, 0.25) is 17.7 Å². The normalized spacial score (nSPS) is 26.5. The van der Waals surface area contributed by atoms with Crippen LogP contribution in [0.15, 0.2) is 12.2 Å². The summed E-state index contributed by atoms with van der Waals surface area (Å²) in [5.41, 5.74) is 0. The van der Waals surface area contributed by atoms with Crippen molar-refractivity contribution in [3.05, 3.63) is 12.2 Å². The van der Waals surface area contributed by atoms with Gasteiger partial charge in [-0.1, -0.05) is 43.4 Å². The molecule has 0 aromatic heterocycles. The number of carbonyl (C=O) groups excluding carboxylic acids is 6. The quantitative estimate of drug-likeness (QED) is 0.198. The monoisotopic (exact) mass is 559 g/mol. The van der Waals surface area contributed by atoms with Gasteiger partial charge in [-0.05, 0) is 25.3 Å². The van der Waals surface area contributed by atoms with Gasteiger partial charge in [0.1, 0.15) is 18.2 Å². The molecule has 1 fully saturated rings. The van der Waals surface area contributed by atoms with Crippen molar-refractivity contribution in [3.8, 4) is 0 Å². The predicted octanol–water partition coefficient (Wildman–Crippen LogP) is 0.689. The Morgan fingerprint density at radius 2 is 1.68 bits per heavy atom. The summed E-state index contributed by atoms with van der Waals surface area (Å²) in [6, 6.07) is -2.98. The molecule has 37 heavy (non-hydrogen) atoms. The van der Waals surface area contributed by atoms with Gasteiger partial charge in [0.15, 0.2) is 10.2 Å². The zero-order chi connectivity index (χ0) is 28.1. The Labute approximate surface area is 225 Å². The number of hydrogen-bond acceptors (Lipinski definition) is 10. The molecule has 1 saturated heterocycles. The summed E-state index contributed by atoms with van der Waals surface area (Å²) >= 11 is 1.99. The van der Waals surface area contributed by atoms with Crippen molar-refractivity contribution in [1.82, 2.24) is 16.0 Å². The fourth-order valence-corrected chi connectivity index (χ4v) is 4.56. The van der Waals surface area contributed by atoms with E-state index in [0.717, 1.165) is 23.5 Å². The van der Waals surface area contributed by atoms with Crippen molar-refractivity contribution in [2.45, 2.75) is 84.2 Å². The van der Waals surface area contributed by atoms with Gasteiger partial charge in [-0.15, -0.1) is 0 Å². The second-order valence-corrected chi connectivity index (χ2v) is 11.5. The van der Waals surface area contributed by atoms with E-state index < -0.39 is 60.4 Å². The summed E-state index contributed by atoms with van der Waals surface area (Å²) in [7, 11) is 0. The predicted molar refractivity (Wildman–Crippen MR) is 141 cm³/mol. The van der Waals surface area contributed by atoms with Crippen LogP contribution in [-0.4, -0.2) is 80.9 Å². The maximum atomic E-state index is 13.0. The van der Waals surface area contributed by atoms with Gasteiger partial charge in [-0.25, -0.2) is 0 Å². The van der Waals surface area contributed by atoms with E-state index in [4.69, 9.17) is 4.74 Å². The molecule has 3 amide bonds. The van der Waals surface area contributed by atoms with Crippen LogP contribution >= 0.6 is 23.5 Å². The number of thioether (sulfide) groups is 2. The highest BCUT2D eigenvalue weighted by Crippen LogP contribution is 2.15. The largest absolute Gasteiger partial charge is 0.457 e. The Kier molecular flexibility index (Phi) is 14.5. The van der Waals surface area contributed by atoms with E-state index in [9.17, 15) is 33.9 Å². The number of nitrogens with one attached hydrogen (secondary N) is 3. The summed E-state index contributed by atoms with van der Waals surface area (Å²) in [6.45, 7) is 7.73. The van der Waals surface area contributed by atoms with Crippen molar-refractivity contribution in [3.63, 3.8) is 0 Å². The van der Waals surface area contributed by atoms with Crippen LogP contribution in [0.1, 0.15) is 53.9 Å². The van der Waals surface area contributed by atoms with Crippen LogP contribution in [0.25, 0.3) is 0 Å². The average Bonchev–Trinajstić information content (AvgIpc) is 2.77. The number of aliphatic hydroxyl groups is 1. The topological polar surface area (TPSA) is 168 Å². The Morgan fingerprint density at radius 3 is 2.27 bits per heavy atom. The third-order valence-corrected chi connectivity index (χ3v) is 7.04. The number of aliphatic hydroxyl groups excluding tert-OH is 1. The molecule has 1 aliphatic heterocycles. The van der Waals surface area contributed by atoms with E-state index in [1.807, 2.05) is 0 Å². The molecule has 208 valence electrons. The molecule has 0 radical (unpaired) electrons. The van der Waals surface area contributed by atoms with E-state index in [-0.39, 0.29) is 28.3 Å². The molecule has 13 heteroatoms. The van der Waals surface area contributed by atoms with Crippen LogP contribution in [0.2, 0.25) is 0 Å². The minimum atomic E-state index is -1.30. The lowest BCUT2D eigenvalue weighted by molar-refractivity contribution is -0.151. The van der Waals surface area contributed by atoms with Crippen LogP contribution in [0.5, 0.6) is 0 Å². The summed E-state index contributed by atoms with van der Waals surface area (Å²) in [5, 5.41) is 18.2. The molecule has 0 bridgehead atoms. The lowest BCUT2D eigenvalue weighted by Crippen LogP contribution is -2.57. The molecule has 0 aromatic carbocycles. The Hall–Kier alpha value is -2.38. The molecule has 5 atom stereocenters. The highest BCUT2D eigenvalue weighted by molar-refractivity contribution is 8.13. The maximum absolute atomic E-state index is 13.0. The average molecular weight is 560 g/mol. The van der Waals surface area contributed by atoms with Gasteiger partial charge >= 0.3 is 5.97 Å². The zero-order valence-electron chi connectivity index (χ0n) is 21.8. The zero-order valence-corrected chi connectivity index (χ0v) is 23.4. The molecule has 4 N–H and O–H groups in total. The summed E-state index contributed by atoms with van der Waals surface area (Å²) in [4.78, 5) is 73.5. The van der Waals surface area contributed by atoms with Crippen LogP contribution < -0.4 is 16.0 Å². The molecule has 1 aliphatic rings. The lowest BCUT2D eigenvalue weighted by atomic mass is 9.96. The molecular weight excluding hydrogens is 522 g/mol. The van der Waals surface area contributed by atoms with Gasteiger partial charge in [-0.3, -0.25) is 28.8 Å². The maximum Gasteiger partial charge on any atom is 0.309 e. The van der Waals surface area contributed by atoms with Crippen LogP contribution in [0.4, 0.5) is 0 Å². The summed E-state index contributed by atoms with van der Waals surface area (Å²) < 4.78 is 5.42. The summed E-state index contributed by atoms with van der Waals surface area (Å²) in [5.74, 6) is -2.42. The third-order valence-electron chi connectivity index (χ3n) is 5.28. The smallest absolute Gasteiger partial charge is 0.309 e. The Bertz CT molecular complexity index is 880. The number of hydrogen-bond donors (Lipinski definition) is 4. The molecule has 5 unspecified atom stereocenters. The van der Waals surface area contributed by atoms with Crippen LogP contribution in [0, 0.1) is 5.92 Å². The number of amides is 3. The van der Waals surface area contributed by atoms with Crippen molar-refractivity contribution in [2.75, 3.05) is 11.5 Å². The first-order chi connectivity index (χ1) is 17.3. The first-order valence-corrected chi connectivity index (χ1v) is 14.0. The van der Waals surface area contributed by atoms with Gasteiger partial charge in [0.05, 0.1) is 25.0 Å². The number of esters is 1. The Balaban J connectivity index is 3.17. The van der Waals surface area contributed by atoms with Gasteiger partial charge < -0.3 is 25.8 Å². The minimum Gasteiger partial charge on any atom is -0.457 e. The molecule has 11 nitrogen and oxygen atoms in total. The second kappa shape index (κ2) is 16.5. The third kappa shape index (κ3) is 13.1. The lowest BCUT2D eigenvalue weighted by Gasteiger charge is -2.29. The van der Waals surface area contributed by atoms with E-state index in [1.54, 1.807) is 19.9 Å². The molecule has 1 heterocycles. The number of ether oxygens (including phenoxy) is 1. The molecule has 1 rings (SSSR count). The fraction of sp³-hybridized carbons (Fsp3) is 0.667. The first kappa shape index (κ1) is 32.6. The minimum absolute atomic E-state index is 0.0247.